The molecule has 0 aromatic carbocycles. The number of rotatable bonds is 7. The van der Waals surface area contributed by atoms with E-state index in [2.05, 4.69) is 48.1 Å². The average molecular weight is 209 g/mol. The number of hydrogen-bond acceptors (Lipinski definition) is 2. The van der Waals surface area contributed by atoms with Gasteiger partial charge < -0.3 is 5.32 Å². The van der Waals surface area contributed by atoms with E-state index in [1.165, 1.54) is 12.8 Å². The predicted molar refractivity (Wildman–Crippen MR) is 63.8 cm³/mol. The molecular weight excluding hydrogens is 186 g/mol. The van der Waals surface area contributed by atoms with Gasteiger partial charge in [-0.25, -0.2) is 0 Å². The Morgan fingerprint density at radius 3 is 2.93 bits per heavy atom. The van der Waals surface area contributed by atoms with Crippen molar-refractivity contribution < 1.29 is 0 Å². The van der Waals surface area contributed by atoms with E-state index in [4.69, 9.17) is 0 Å². The van der Waals surface area contributed by atoms with Crippen molar-refractivity contribution in [3.05, 3.63) is 18.0 Å². The SMILES string of the molecule is CCCCNCc1ccn(C(C)CC)n1. The molecule has 0 aliphatic heterocycles. The molecule has 1 rings (SSSR count). The fraction of sp³-hybridized carbons (Fsp3) is 0.750. The Balaban J connectivity index is 2.33. The van der Waals surface area contributed by atoms with Crippen molar-refractivity contribution in [1.29, 1.82) is 0 Å². The lowest BCUT2D eigenvalue weighted by molar-refractivity contribution is 0.471. The van der Waals surface area contributed by atoms with E-state index in [9.17, 15) is 0 Å². The second-order valence-corrected chi connectivity index (χ2v) is 4.07. The first kappa shape index (κ1) is 12.2. The summed E-state index contributed by atoms with van der Waals surface area (Å²) < 4.78 is 2.05. The molecule has 15 heavy (non-hydrogen) atoms. The second-order valence-electron chi connectivity index (χ2n) is 4.07. The molecular formula is C12H23N3. The van der Waals surface area contributed by atoms with Gasteiger partial charge in [-0.15, -0.1) is 0 Å². The maximum atomic E-state index is 4.53. The van der Waals surface area contributed by atoms with Crippen LogP contribution in [0.1, 0.15) is 51.8 Å². The molecule has 0 spiro atoms. The third kappa shape index (κ3) is 4.04. The largest absolute Gasteiger partial charge is 0.311 e. The van der Waals surface area contributed by atoms with E-state index in [0.717, 1.165) is 25.2 Å². The van der Waals surface area contributed by atoms with E-state index in [1.54, 1.807) is 0 Å². The molecule has 1 aromatic rings. The number of nitrogens with one attached hydrogen (secondary N) is 1. The minimum absolute atomic E-state index is 0.509. The predicted octanol–water partition coefficient (Wildman–Crippen LogP) is 2.74. The van der Waals surface area contributed by atoms with Crippen LogP contribution in [0, 0.1) is 0 Å². The lowest BCUT2D eigenvalue weighted by Gasteiger charge is -2.08. The van der Waals surface area contributed by atoms with E-state index in [1.807, 2.05) is 0 Å². The van der Waals surface area contributed by atoms with Crippen molar-refractivity contribution in [1.82, 2.24) is 15.1 Å². The minimum atomic E-state index is 0.509. The molecule has 0 aliphatic carbocycles. The summed E-state index contributed by atoms with van der Waals surface area (Å²) in [6.45, 7) is 8.57. The number of hydrogen-bond donors (Lipinski definition) is 1. The Kier molecular flexibility index (Phi) is 5.40. The molecule has 0 fully saturated rings. The molecule has 0 saturated heterocycles. The Morgan fingerprint density at radius 2 is 2.27 bits per heavy atom. The third-order valence-electron chi connectivity index (χ3n) is 2.72. The fourth-order valence-corrected chi connectivity index (χ4v) is 1.42. The van der Waals surface area contributed by atoms with E-state index < -0.39 is 0 Å². The van der Waals surface area contributed by atoms with Crippen molar-refractivity contribution in [3.63, 3.8) is 0 Å². The van der Waals surface area contributed by atoms with Crippen LogP contribution < -0.4 is 5.32 Å². The van der Waals surface area contributed by atoms with Crippen LogP contribution in [0.4, 0.5) is 0 Å². The van der Waals surface area contributed by atoms with Crippen LogP contribution in [0.15, 0.2) is 12.3 Å². The summed E-state index contributed by atoms with van der Waals surface area (Å²) in [5, 5.41) is 7.93. The number of unbranched alkanes of at least 4 members (excludes halogenated alkanes) is 1. The molecule has 0 radical (unpaired) electrons. The van der Waals surface area contributed by atoms with Crippen LogP contribution in [-0.4, -0.2) is 16.3 Å². The quantitative estimate of drug-likeness (QED) is 0.700. The first-order valence-electron chi connectivity index (χ1n) is 6.02. The van der Waals surface area contributed by atoms with Gasteiger partial charge in [0.1, 0.15) is 0 Å². The maximum Gasteiger partial charge on any atom is 0.0762 e. The van der Waals surface area contributed by atoms with E-state index >= 15 is 0 Å². The summed E-state index contributed by atoms with van der Waals surface area (Å²) >= 11 is 0. The maximum absolute atomic E-state index is 4.53. The lowest BCUT2D eigenvalue weighted by atomic mass is 10.3. The Hall–Kier alpha value is -0.830. The Labute approximate surface area is 92.9 Å². The molecule has 1 atom stereocenters. The van der Waals surface area contributed by atoms with E-state index in [-0.39, 0.29) is 0 Å². The van der Waals surface area contributed by atoms with Crippen LogP contribution in [0.2, 0.25) is 0 Å². The first-order valence-corrected chi connectivity index (χ1v) is 6.02. The summed E-state index contributed by atoms with van der Waals surface area (Å²) in [6, 6.07) is 2.61. The molecule has 0 aliphatic rings. The third-order valence-corrected chi connectivity index (χ3v) is 2.72. The molecule has 1 aromatic heterocycles. The van der Waals surface area contributed by atoms with Gasteiger partial charge in [-0.2, -0.15) is 5.10 Å². The van der Waals surface area contributed by atoms with Crippen molar-refractivity contribution in [3.8, 4) is 0 Å². The molecule has 3 heteroatoms. The second kappa shape index (κ2) is 6.62. The number of aromatic nitrogens is 2. The van der Waals surface area contributed by atoms with Crippen molar-refractivity contribution in [2.75, 3.05) is 6.54 Å². The van der Waals surface area contributed by atoms with Gasteiger partial charge >= 0.3 is 0 Å². The van der Waals surface area contributed by atoms with Gasteiger partial charge in [-0.05, 0) is 32.4 Å². The van der Waals surface area contributed by atoms with Gasteiger partial charge in [-0.3, -0.25) is 4.68 Å². The fourth-order valence-electron chi connectivity index (χ4n) is 1.42. The highest BCUT2D eigenvalue weighted by Crippen LogP contribution is 2.08. The molecule has 0 bridgehead atoms. The minimum Gasteiger partial charge on any atom is -0.311 e. The highest BCUT2D eigenvalue weighted by atomic mass is 15.3. The summed E-state index contributed by atoms with van der Waals surface area (Å²) in [6.07, 6.45) is 5.69. The molecule has 1 unspecified atom stereocenters. The Morgan fingerprint density at radius 1 is 1.47 bits per heavy atom. The summed E-state index contributed by atoms with van der Waals surface area (Å²) in [4.78, 5) is 0. The van der Waals surface area contributed by atoms with Crippen LogP contribution in [-0.2, 0) is 6.54 Å². The van der Waals surface area contributed by atoms with Crippen LogP contribution in [0.5, 0.6) is 0 Å². The zero-order valence-corrected chi connectivity index (χ0v) is 10.2. The van der Waals surface area contributed by atoms with Crippen molar-refractivity contribution in [2.24, 2.45) is 0 Å². The van der Waals surface area contributed by atoms with Gasteiger partial charge in [0.15, 0.2) is 0 Å². The van der Waals surface area contributed by atoms with Gasteiger partial charge in [0.2, 0.25) is 0 Å². The summed E-state index contributed by atoms with van der Waals surface area (Å²) in [5.41, 5.74) is 1.14. The molecule has 86 valence electrons. The normalized spacial score (nSPS) is 13.0. The molecule has 3 nitrogen and oxygen atoms in total. The Bertz CT molecular complexity index is 268. The topological polar surface area (TPSA) is 29.9 Å². The summed E-state index contributed by atoms with van der Waals surface area (Å²) in [5.74, 6) is 0. The standard InChI is InChI=1S/C12H23N3/c1-4-6-8-13-10-12-7-9-15(14-12)11(3)5-2/h7,9,11,13H,4-6,8,10H2,1-3H3. The highest BCUT2D eigenvalue weighted by molar-refractivity contribution is 4.99. The number of nitrogens with zero attached hydrogens (tertiary/aromatic N) is 2. The van der Waals surface area contributed by atoms with Crippen molar-refractivity contribution >= 4 is 0 Å². The zero-order valence-electron chi connectivity index (χ0n) is 10.2. The summed E-state index contributed by atoms with van der Waals surface area (Å²) in [7, 11) is 0. The van der Waals surface area contributed by atoms with Gasteiger partial charge in [-0.1, -0.05) is 20.3 Å². The zero-order chi connectivity index (χ0) is 11.1. The van der Waals surface area contributed by atoms with Crippen molar-refractivity contribution in [2.45, 2.75) is 52.6 Å². The smallest absolute Gasteiger partial charge is 0.0762 e. The van der Waals surface area contributed by atoms with Crippen LogP contribution in [0.3, 0.4) is 0 Å². The monoisotopic (exact) mass is 209 g/mol. The van der Waals surface area contributed by atoms with E-state index in [0.29, 0.717) is 6.04 Å². The van der Waals surface area contributed by atoms with Gasteiger partial charge in [0, 0.05) is 18.8 Å². The highest BCUT2D eigenvalue weighted by Gasteiger charge is 2.03. The van der Waals surface area contributed by atoms with Crippen LogP contribution >= 0.6 is 0 Å². The van der Waals surface area contributed by atoms with Crippen LogP contribution in [0.25, 0.3) is 0 Å². The average Bonchev–Trinajstić information content (AvgIpc) is 2.72. The molecule has 0 amide bonds. The first-order chi connectivity index (χ1) is 7.27. The lowest BCUT2D eigenvalue weighted by Crippen LogP contribution is -2.15. The molecule has 1 heterocycles. The van der Waals surface area contributed by atoms with Gasteiger partial charge in [0.05, 0.1) is 5.69 Å². The molecule has 0 saturated carbocycles. The van der Waals surface area contributed by atoms with Gasteiger partial charge in [0.25, 0.3) is 0 Å². The molecule has 1 N–H and O–H groups in total.